The molecular weight excluding hydrogens is 610 g/mol. The highest BCUT2D eigenvalue weighted by Gasteiger charge is 2.46. The Balaban J connectivity index is 1.93. The number of nitrogens with zero attached hydrogens (tertiary/aromatic N) is 1. The van der Waals surface area contributed by atoms with E-state index in [0.29, 0.717) is 17.5 Å². The van der Waals surface area contributed by atoms with Crippen molar-refractivity contribution in [1.82, 2.24) is 4.90 Å². The van der Waals surface area contributed by atoms with E-state index in [1.54, 1.807) is 30.3 Å². The number of unbranched alkanes of at least 4 members (excludes halogenated alkanes) is 7. The van der Waals surface area contributed by atoms with Crippen molar-refractivity contribution in [3.05, 3.63) is 77.4 Å². The summed E-state index contributed by atoms with van der Waals surface area (Å²) in [6.07, 6.45) is 6.64. The van der Waals surface area contributed by atoms with Gasteiger partial charge in [0.25, 0.3) is 0 Å². The van der Waals surface area contributed by atoms with Crippen LogP contribution < -0.4 is 0 Å². The summed E-state index contributed by atoms with van der Waals surface area (Å²) >= 11 is 0. The summed E-state index contributed by atoms with van der Waals surface area (Å²) in [5, 5.41) is 8.94. The van der Waals surface area contributed by atoms with Gasteiger partial charge in [-0.1, -0.05) is 113 Å². The van der Waals surface area contributed by atoms with Gasteiger partial charge >= 0.3 is 12.1 Å². The van der Waals surface area contributed by atoms with E-state index in [9.17, 15) is 24.0 Å². The van der Waals surface area contributed by atoms with Crippen LogP contribution in [-0.2, 0) is 35.1 Å². The molecule has 0 aromatic heterocycles. The molecule has 1 aliphatic heterocycles. The Morgan fingerprint density at radius 3 is 2.19 bits per heavy atom. The minimum Gasteiger partial charge on any atom is -0.453 e. The van der Waals surface area contributed by atoms with Crippen LogP contribution in [0.1, 0.15) is 95.2 Å². The van der Waals surface area contributed by atoms with Gasteiger partial charge in [0.1, 0.15) is 6.61 Å². The van der Waals surface area contributed by atoms with Crippen molar-refractivity contribution in [2.75, 3.05) is 13.2 Å². The lowest BCUT2D eigenvalue weighted by atomic mass is 9.87. The third-order valence-corrected chi connectivity index (χ3v) is 8.70. The SMILES string of the molecule is CC(=O)O[C@@H](C(=O)C=C(C(=O)CCCCCCCCCCO)c1cccc(C)c1)[C@@H](Cc1ccccc1)C(=O)N1C(=O)OC[C@H]1C(C)C. The lowest BCUT2D eigenvalue weighted by Gasteiger charge is -2.30. The number of amides is 2. The molecule has 9 heteroatoms. The number of Topliss-reactive ketones (excluding diaryl/α,β-unsaturated/α-hetero) is 1. The number of allylic oxidation sites excluding steroid dienone is 1. The number of ketones is 2. The van der Waals surface area contributed by atoms with Gasteiger partial charge in [0, 0.05) is 25.5 Å². The molecular formula is C39H51NO8. The second-order valence-corrected chi connectivity index (χ2v) is 13.0. The number of hydrogen-bond donors (Lipinski definition) is 1. The van der Waals surface area contributed by atoms with Crippen LogP contribution in [0.5, 0.6) is 0 Å². The van der Waals surface area contributed by atoms with Crippen molar-refractivity contribution >= 4 is 35.1 Å². The second-order valence-electron chi connectivity index (χ2n) is 13.0. The highest BCUT2D eigenvalue weighted by Crippen LogP contribution is 2.28. The van der Waals surface area contributed by atoms with E-state index in [1.807, 2.05) is 45.0 Å². The first-order valence-corrected chi connectivity index (χ1v) is 17.2. The Labute approximate surface area is 284 Å². The van der Waals surface area contributed by atoms with Crippen LogP contribution >= 0.6 is 0 Å². The van der Waals surface area contributed by atoms with Crippen molar-refractivity contribution in [2.45, 2.75) is 104 Å². The molecule has 0 saturated carbocycles. The number of carbonyl (C=O) groups excluding carboxylic acids is 5. The van der Waals surface area contributed by atoms with Crippen LogP contribution in [0.4, 0.5) is 4.79 Å². The number of imide groups is 1. The Bertz CT molecular complexity index is 1420. The van der Waals surface area contributed by atoms with E-state index in [1.165, 1.54) is 6.08 Å². The number of carbonyl (C=O) groups is 5. The summed E-state index contributed by atoms with van der Waals surface area (Å²) in [7, 11) is 0. The highest BCUT2D eigenvalue weighted by molar-refractivity contribution is 6.25. The number of ether oxygens (including phenoxy) is 2. The summed E-state index contributed by atoms with van der Waals surface area (Å²) in [6, 6.07) is 15.8. The maximum atomic E-state index is 14.2. The quantitative estimate of drug-likeness (QED) is 0.0931. The van der Waals surface area contributed by atoms with Gasteiger partial charge in [-0.15, -0.1) is 0 Å². The van der Waals surface area contributed by atoms with Gasteiger partial charge < -0.3 is 14.6 Å². The Kier molecular flexibility index (Phi) is 15.7. The van der Waals surface area contributed by atoms with Gasteiger partial charge in [-0.25, -0.2) is 9.69 Å². The first-order chi connectivity index (χ1) is 23.0. The molecule has 1 fully saturated rings. The van der Waals surface area contributed by atoms with Crippen molar-refractivity contribution in [1.29, 1.82) is 0 Å². The van der Waals surface area contributed by atoms with Crippen molar-refractivity contribution in [3.8, 4) is 0 Å². The molecule has 0 unspecified atom stereocenters. The van der Waals surface area contributed by atoms with Gasteiger partial charge in [-0.3, -0.25) is 19.2 Å². The molecule has 1 heterocycles. The van der Waals surface area contributed by atoms with Gasteiger partial charge in [-0.2, -0.15) is 0 Å². The highest BCUT2D eigenvalue weighted by atomic mass is 16.6. The summed E-state index contributed by atoms with van der Waals surface area (Å²) in [5.41, 5.74) is 2.37. The topological polar surface area (TPSA) is 127 Å². The van der Waals surface area contributed by atoms with Crippen LogP contribution in [0.2, 0.25) is 0 Å². The normalized spacial score (nSPS) is 16.0. The average molecular weight is 662 g/mol. The van der Waals surface area contributed by atoms with E-state index in [2.05, 4.69) is 0 Å². The van der Waals surface area contributed by atoms with Crippen LogP contribution in [0.25, 0.3) is 5.57 Å². The van der Waals surface area contributed by atoms with E-state index >= 15 is 0 Å². The van der Waals surface area contributed by atoms with Gasteiger partial charge in [-0.05, 0) is 49.3 Å². The van der Waals surface area contributed by atoms with Gasteiger partial charge in [0.2, 0.25) is 5.91 Å². The zero-order valence-electron chi connectivity index (χ0n) is 28.8. The lowest BCUT2D eigenvalue weighted by molar-refractivity contribution is -0.159. The van der Waals surface area contributed by atoms with Crippen LogP contribution in [0, 0.1) is 18.8 Å². The fourth-order valence-electron chi connectivity index (χ4n) is 6.02. The third kappa shape index (κ3) is 11.5. The van der Waals surface area contributed by atoms with E-state index in [0.717, 1.165) is 62.3 Å². The molecule has 260 valence electrons. The molecule has 48 heavy (non-hydrogen) atoms. The van der Waals surface area contributed by atoms with Crippen molar-refractivity contribution < 1.29 is 38.6 Å². The number of esters is 1. The third-order valence-electron chi connectivity index (χ3n) is 8.70. The fourth-order valence-corrected chi connectivity index (χ4v) is 6.02. The standard InChI is InChI=1S/C39H51NO8/c1-27(2)34-26-47-39(46)40(34)38(45)33(24-30-18-12-11-13-19-30)37(48-29(4)42)36(44)25-32(31-20-16-17-28(3)23-31)35(43)21-14-9-7-5-6-8-10-15-22-41/h11-13,16-20,23,25,27,33-34,37,41H,5-10,14-15,21-22,24,26H2,1-4H3/t33-,34+,37-/m1/s1. The molecule has 9 nitrogen and oxygen atoms in total. The molecule has 0 spiro atoms. The molecule has 2 aromatic rings. The number of aryl methyl sites for hydroxylation is 1. The maximum absolute atomic E-state index is 14.2. The van der Waals surface area contributed by atoms with Crippen LogP contribution in [0.3, 0.4) is 0 Å². The average Bonchev–Trinajstić information content (AvgIpc) is 3.45. The summed E-state index contributed by atoms with van der Waals surface area (Å²) in [5.74, 6) is -3.73. The molecule has 1 aliphatic rings. The number of cyclic esters (lactones) is 1. The van der Waals surface area contributed by atoms with Gasteiger partial charge in [0.05, 0.1) is 12.0 Å². The van der Waals surface area contributed by atoms with Crippen LogP contribution in [-0.4, -0.2) is 64.9 Å². The molecule has 3 atom stereocenters. The first-order valence-electron chi connectivity index (χ1n) is 17.2. The number of benzene rings is 2. The molecule has 0 aliphatic carbocycles. The molecule has 2 amide bonds. The zero-order valence-corrected chi connectivity index (χ0v) is 28.8. The number of rotatable bonds is 20. The molecule has 1 saturated heterocycles. The monoisotopic (exact) mass is 661 g/mol. The number of aliphatic hydroxyl groups excluding tert-OH is 1. The Morgan fingerprint density at radius 1 is 0.938 bits per heavy atom. The largest absolute Gasteiger partial charge is 0.453 e. The zero-order chi connectivity index (χ0) is 35.1. The second kappa shape index (κ2) is 19.6. The predicted molar refractivity (Wildman–Crippen MR) is 184 cm³/mol. The molecule has 3 rings (SSSR count). The fraction of sp³-hybridized carbons (Fsp3) is 0.513. The Hall–Kier alpha value is -4.11. The minimum atomic E-state index is -1.59. The smallest absolute Gasteiger partial charge is 0.416 e. The molecule has 0 bridgehead atoms. The number of hydrogen-bond acceptors (Lipinski definition) is 8. The van der Waals surface area contributed by atoms with Crippen LogP contribution in [0.15, 0.2) is 60.7 Å². The lowest BCUT2D eigenvalue weighted by Crippen LogP contribution is -2.50. The maximum Gasteiger partial charge on any atom is 0.416 e. The van der Waals surface area contributed by atoms with Gasteiger partial charge in [0.15, 0.2) is 17.7 Å². The Morgan fingerprint density at radius 2 is 1.58 bits per heavy atom. The van der Waals surface area contributed by atoms with E-state index in [-0.39, 0.29) is 43.3 Å². The molecule has 0 radical (unpaired) electrons. The van der Waals surface area contributed by atoms with E-state index in [4.69, 9.17) is 14.6 Å². The molecule has 1 N–H and O–H groups in total. The predicted octanol–water partition coefficient (Wildman–Crippen LogP) is 6.81. The summed E-state index contributed by atoms with van der Waals surface area (Å²) in [6.45, 7) is 7.05. The summed E-state index contributed by atoms with van der Waals surface area (Å²) in [4.78, 5) is 68.5. The minimum absolute atomic E-state index is 0.0134. The first kappa shape index (κ1) is 38.3. The summed E-state index contributed by atoms with van der Waals surface area (Å²) < 4.78 is 10.8. The van der Waals surface area contributed by atoms with E-state index < -0.39 is 41.8 Å². The van der Waals surface area contributed by atoms with Crippen molar-refractivity contribution in [3.63, 3.8) is 0 Å². The molecule has 2 aromatic carbocycles. The van der Waals surface area contributed by atoms with Crippen molar-refractivity contribution in [2.24, 2.45) is 11.8 Å². The number of aliphatic hydroxyl groups is 1.